The first-order chi connectivity index (χ1) is 21.0. The van der Waals surface area contributed by atoms with Gasteiger partial charge in [0.05, 0.1) is 0 Å². The molecular weight excluding hydrogens is 583 g/mol. The van der Waals surface area contributed by atoms with Crippen LogP contribution in [0.3, 0.4) is 0 Å². The van der Waals surface area contributed by atoms with Crippen molar-refractivity contribution in [3.8, 4) is 17.6 Å². The van der Waals surface area contributed by atoms with Crippen LogP contribution in [0.15, 0.2) is 78.9 Å². The average Bonchev–Trinajstić information content (AvgIpc) is 3.03. The molecule has 11 heteroatoms. The van der Waals surface area contributed by atoms with Gasteiger partial charge in [0, 0.05) is 0 Å². The maximum absolute atomic E-state index is 13.4. The number of nitriles is 1. The van der Waals surface area contributed by atoms with E-state index < -0.39 is 32.4 Å². The van der Waals surface area contributed by atoms with Crippen LogP contribution in [0.1, 0.15) is 50.8 Å². The number of rotatable bonds is 17. The van der Waals surface area contributed by atoms with Crippen LogP contribution in [0.2, 0.25) is 0 Å². The monoisotopic (exact) mass is 628 g/mol. The van der Waals surface area contributed by atoms with Crippen LogP contribution in [0, 0.1) is 11.3 Å². The van der Waals surface area contributed by atoms with Crippen molar-refractivity contribution in [1.82, 2.24) is 4.67 Å². The van der Waals surface area contributed by atoms with Crippen molar-refractivity contribution in [3.05, 3.63) is 95.6 Å². The molecule has 10 nitrogen and oxygen atoms in total. The van der Waals surface area contributed by atoms with E-state index in [0.717, 1.165) is 0 Å². The molecule has 0 aliphatic heterocycles. The summed E-state index contributed by atoms with van der Waals surface area (Å²) in [5.74, 6) is 1.24. The number of hydrogen-bond acceptors (Lipinski definition) is 10. The van der Waals surface area contributed by atoms with Gasteiger partial charge in [0.2, 0.25) is 0 Å². The Morgan fingerprint density at radius 2 is 1.23 bits per heavy atom. The summed E-state index contributed by atoms with van der Waals surface area (Å²) in [6, 6.07) is 25.4. The third kappa shape index (κ3) is 7.40. The van der Waals surface area contributed by atoms with E-state index in [1.165, 1.54) is 0 Å². The fraction of sp³-hybridized carbons (Fsp3) is 0.424. The Hall–Kier alpha value is -3.10. The molecule has 44 heavy (non-hydrogen) atoms. The fourth-order valence-electron chi connectivity index (χ4n) is 5.57. The number of aliphatic hydroxyl groups excluding tert-OH is 2. The van der Waals surface area contributed by atoms with Crippen molar-refractivity contribution >= 4 is 7.43 Å². The summed E-state index contributed by atoms with van der Waals surface area (Å²) in [7, 11) is -2.16. The first-order valence-corrected chi connectivity index (χ1v) is 16.7. The van der Waals surface area contributed by atoms with Crippen molar-refractivity contribution in [3.63, 3.8) is 0 Å². The molecule has 0 aliphatic rings. The van der Waals surface area contributed by atoms with Crippen LogP contribution < -0.4 is 9.47 Å². The van der Waals surface area contributed by atoms with E-state index in [4.69, 9.17) is 23.6 Å². The van der Waals surface area contributed by atoms with Crippen LogP contribution in [0.25, 0.3) is 0 Å². The van der Waals surface area contributed by atoms with Gasteiger partial charge >= 0.3 is 261 Å². The number of nitrogens with zero attached hydrogens (tertiary/aromatic N) is 2. The summed E-state index contributed by atoms with van der Waals surface area (Å²) in [5, 5.41) is 29.5. The molecule has 0 fully saturated rings. The fourth-order valence-corrected chi connectivity index (χ4v) is 9.63. The molecule has 3 aromatic carbocycles. The molecule has 0 heterocycles. The van der Waals surface area contributed by atoms with Gasteiger partial charge < -0.3 is 0 Å². The topological polar surface area (TPSA) is 134 Å². The molecule has 0 aliphatic carbocycles. The summed E-state index contributed by atoms with van der Waals surface area (Å²) in [6.45, 7) is 6.39. The molecule has 0 amide bonds. The Kier molecular flexibility index (Phi) is 12.3. The summed E-state index contributed by atoms with van der Waals surface area (Å²) in [5.41, 5.74) is 0.381. The van der Waals surface area contributed by atoms with Crippen LogP contribution >= 0.6 is 7.43 Å². The molecule has 0 radical (unpaired) electrons. The Morgan fingerprint density at radius 3 is 1.61 bits per heavy atom. The van der Waals surface area contributed by atoms with Crippen LogP contribution in [0.4, 0.5) is 0 Å². The van der Waals surface area contributed by atoms with E-state index in [1.54, 1.807) is 43.2 Å². The predicted molar refractivity (Wildman–Crippen MR) is 170 cm³/mol. The van der Waals surface area contributed by atoms with Crippen molar-refractivity contribution in [2.24, 2.45) is 0 Å². The SMILES string of the molecule is COc1ccc(C(OP(O)(CCC#N)(OOC(CO)CO)N(C(C)C)C(C)C)(c2ccccc2)c2ccc(OC)cc2)cc1. The van der Waals surface area contributed by atoms with Crippen molar-refractivity contribution in [2.45, 2.75) is 57.9 Å². The zero-order valence-corrected chi connectivity index (χ0v) is 27.2. The number of aliphatic hydroxyl groups is 2. The summed E-state index contributed by atoms with van der Waals surface area (Å²) >= 11 is 0. The third-order valence-electron chi connectivity index (χ3n) is 7.35. The molecule has 0 saturated carbocycles. The summed E-state index contributed by atoms with van der Waals surface area (Å²) < 4.78 is 26.1. The molecular formula is C33H45N2O8P. The average molecular weight is 629 g/mol. The zero-order chi connectivity index (χ0) is 32.4. The zero-order valence-electron chi connectivity index (χ0n) is 26.3. The number of benzene rings is 3. The summed E-state index contributed by atoms with van der Waals surface area (Å²) in [4.78, 5) is 19.0. The second kappa shape index (κ2) is 15.3. The van der Waals surface area contributed by atoms with Gasteiger partial charge in [0.15, 0.2) is 0 Å². The van der Waals surface area contributed by atoms with E-state index in [0.29, 0.717) is 28.2 Å². The molecule has 240 valence electrons. The minimum absolute atomic E-state index is 0.146. The third-order valence-corrected chi connectivity index (χ3v) is 11.2. The second-order valence-electron chi connectivity index (χ2n) is 11.0. The van der Waals surface area contributed by atoms with Crippen LogP contribution in [-0.4, -0.2) is 71.6 Å². The molecule has 0 aromatic heterocycles. The Morgan fingerprint density at radius 1 is 0.773 bits per heavy atom. The van der Waals surface area contributed by atoms with Crippen LogP contribution in [0.5, 0.6) is 11.5 Å². The molecule has 0 saturated heterocycles. The molecule has 3 N–H and O–H groups in total. The number of ether oxygens (including phenoxy) is 2. The van der Waals surface area contributed by atoms with Crippen LogP contribution in [-0.2, 0) is 19.7 Å². The van der Waals surface area contributed by atoms with Crippen molar-refractivity contribution in [2.75, 3.05) is 33.6 Å². The quantitative estimate of drug-likeness (QED) is 0.0756. The molecule has 3 aromatic rings. The molecule has 0 unspecified atom stereocenters. The molecule has 3 rings (SSSR count). The van der Waals surface area contributed by atoms with Gasteiger partial charge in [-0.1, -0.05) is 0 Å². The Balaban J connectivity index is 2.52. The first-order valence-electron chi connectivity index (χ1n) is 14.6. The summed E-state index contributed by atoms with van der Waals surface area (Å²) in [6.07, 6.45) is -1.58. The molecule has 0 spiro atoms. The minimum atomic E-state index is -5.32. The van der Waals surface area contributed by atoms with Crippen molar-refractivity contribution in [1.29, 1.82) is 5.26 Å². The Labute approximate surface area is 260 Å². The van der Waals surface area contributed by atoms with Gasteiger partial charge in [0.1, 0.15) is 0 Å². The van der Waals surface area contributed by atoms with E-state index in [2.05, 4.69) is 6.07 Å². The van der Waals surface area contributed by atoms with Gasteiger partial charge in [-0.15, -0.1) is 0 Å². The number of hydrogen-bond donors (Lipinski definition) is 3. The van der Waals surface area contributed by atoms with Gasteiger partial charge in [0.25, 0.3) is 0 Å². The number of methoxy groups -OCH3 is 2. The van der Waals surface area contributed by atoms with E-state index in [-0.39, 0.29) is 24.7 Å². The van der Waals surface area contributed by atoms with E-state index >= 15 is 0 Å². The predicted octanol–water partition coefficient (Wildman–Crippen LogP) is 5.55. The van der Waals surface area contributed by atoms with Gasteiger partial charge in [-0.25, -0.2) is 0 Å². The van der Waals surface area contributed by atoms with E-state index in [1.807, 2.05) is 82.3 Å². The molecule has 0 bridgehead atoms. The van der Waals surface area contributed by atoms with Gasteiger partial charge in [-0.05, 0) is 0 Å². The normalized spacial score (nSPS) is 13.2. The molecule has 0 atom stereocenters. The van der Waals surface area contributed by atoms with Gasteiger partial charge in [-0.3, -0.25) is 0 Å². The van der Waals surface area contributed by atoms with Gasteiger partial charge in [-0.2, -0.15) is 0 Å². The second-order valence-corrected chi connectivity index (χ2v) is 14.3. The maximum atomic E-state index is 13.4. The Bertz CT molecular complexity index is 1290. The van der Waals surface area contributed by atoms with E-state index in [9.17, 15) is 20.4 Å². The first kappa shape index (κ1) is 35.4. The standard InChI is InChI=1S/C33H45N2O8P/c1-25(2)35(26(3)4)44(38,22-10-21-34,43-41-32(23-36)24-37)42-33(27-11-8-7-9-12-27,28-13-17-30(39-5)18-14-28)29-15-19-31(40-6)20-16-29/h7-9,11-20,25-26,32,36-38H,10,22-24H2,1-6H3. The van der Waals surface area contributed by atoms with Crippen molar-refractivity contribution < 1.29 is 38.7 Å².